The number of hydrogen-bond donors (Lipinski definition) is 2. The van der Waals surface area contributed by atoms with Gasteiger partial charge >= 0.3 is 0 Å². The molecule has 2 N–H and O–H groups in total. The number of aryl methyl sites for hydroxylation is 1. The van der Waals surface area contributed by atoms with Crippen LogP contribution in [0.1, 0.15) is 28.3 Å². The van der Waals surface area contributed by atoms with Gasteiger partial charge in [-0.3, -0.25) is 9.89 Å². The molecule has 0 saturated carbocycles. The van der Waals surface area contributed by atoms with E-state index < -0.39 is 0 Å². The van der Waals surface area contributed by atoms with Crippen LogP contribution in [0.25, 0.3) is 16.6 Å². The summed E-state index contributed by atoms with van der Waals surface area (Å²) in [6.07, 6.45) is 2.00. The molecule has 158 valence electrons. The average Bonchev–Trinajstić information content (AvgIpc) is 3.54. The number of ether oxygens (including phenoxy) is 2. The first-order valence-electron chi connectivity index (χ1n) is 10.5. The smallest absolute Gasteiger partial charge is 0.275 e. The lowest BCUT2D eigenvalue weighted by molar-refractivity contribution is 0.174. The Bertz CT molecular complexity index is 1490. The largest absolute Gasteiger partial charge is 0.454 e. The van der Waals surface area contributed by atoms with Crippen LogP contribution in [0.3, 0.4) is 0 Å². The fourth-order valence-corrected chi connectivity index (χ4v) is 4.59. The highest BCUT2D eigenvalue weighted by Crippen LogP contribution is 2.41. The van der Waals surface area contributed by atoms with Gasteiger partial charge in [-0.05, 0) is 48.4 Å². The normalized spacial score (nSPS) is 13.5. The van der Waals surface area contributed by atoms with E-state index in [0.717, 1.165) is 39.2 Å². The van der Waals surface area contributed by atoms with Gasteiger partial charge in [0.2, 0.25) is 6.79 Å². The number of nitrogens with zero attached hydrogens (tertiary/aromatic N) is 1. The lowest BCUT2D eigenvalue weighted by Crippen LogP contribution is -2.20. The summed E-state index contributed by atoms with van der Waals surface area (Å²) >= 11 is 0. The number of aromatic amines is 2. The van der Waals surface area contributed by atoms with E-state index in [0.29, 0.717) is 11.3 Å². The van der Waals surface area contributed by atoms with Gasteiger partial charge in [-0.15, -0.1) is 0 Å². The molecule has 0 amide bonds. The first-order chi connectivity index (χ1) is 15.7. The van der Waals surface area contributed by atoms with E-state index in [9.17, 15) is 4.79 Å². The van der Waals surface area contributed by atoms with Crippen molar-refractivity contribution in [1.29, 1.82) is 0 Å². The van der Waals surface area contributed by atoms with Gasteiger partial charge < -0.3 is 14.5 Å². The average molecular weight is 423 g/mol. The van der Waals surface area contributed by atoms with Gasteiger partial charge in [-0.1, -0.05) is 42.5 Å². The summed E-state index contributed by atoms with van der Waals surface area (Å²) in [7, 11) is 0. The number of rotatable bonds is 4. The van der Waals surface area contributed by atoms with Gasteiger partial charge in [0.15, 0.2) is 11.5 Å². The predicted octanol–water partition coefficient (Wildman–Crippen LogP) is 4.86. The third kappa shape index (κ3) is 2.84. The van der Waals surface area contributed by atoms with E-state index in [1.807, 2.05) is 79.9 Å². The van der Waals surface area contributed by atoms with Gasteiger partial charge in [0.25, 0.3) is 5.56 Å². The summed E-state index contributed by atoms with van der Waals surface area (Å²) in [6, 6.07) is 23.7. The third-order valence-corrected chi connectivity index (χ3v) is 6.08. The zero-order valence-corrected chi connectivity index (χ0v) is 17.5. The van der Waals surface area contributed by atoms with Crippen molar-refractivity contribution in [3.63, 3.8) is 0 Å². The Balaban J connectivity index is 1.61. The summed E-state index contributed by atoms with van der Waals surface area (Å²) in [5.74, 6) is 1.14. The number of fused-ring (bicyclic) bond motifs is 2. The molecule has 3 aromatic carbocycles. The number of benzene rings is 3. The van der Waals surface area contributed by atoms with Crippen molar-refractivity contribution in [2.75, 3.05) is 6.79 Å². The van der Waals surface area contributed by atoms with Gasteiger partial charge in [0.05, 0.1) is 11.3 Å². The molecular weight excluding hydrogens is 402 g/mol. The molecule has 32 heavy (non-hydrogen) atoms. The standard InChI is InChI=1S/C26H21N3O3/c1-16-24(26(30)29(28-16)18-7-3-2-4-8-18)25(17-11-12-22-23(13-17)32-15-31-22)20-14-27-21-10-6-5-9-19(20)21/h2-14,25,27-28H,15H2,1H3. The van der Waals surface area contributed by atoms with Crippen LogP contribution in [0.15, 0.2) is 83.8 Å². The van der Waals surface area contributed by atoms with E-state index in [1.54, 1.807) is 4.68 Å². The maximum absolute atomic E-state index is 13.7. The van der Waals surface area contributed by atoms with E-state index >= 15 is 0 Å². The number of para-hydroxylation sites is 2. The SMILES string of the molecule is Cc1[nH]n(-c2ccccc2)c(=O)c1C(c1ccc2c(c1)OCO2)c1c[nH]c2ccccc12. The van der Waals surface area contributed by atoms with Crippen LogP contribution < -0.4 is 15.0 Å². The Morgan fingerprint density at radius 2 is 1.72 bits per heavy atom. The Kier molecular flexibility index (Phi) is 4.18. The summed E-state index contributed by atoms with van der Waals surface area (Å²) in [5, 5.41) is 4.36. The number of H-pyrrole nitrogens is 2. The molecule has 2 aromatic heterocycles. The van der Waals surface area contributed by atoms with Gasteiger partial charge in [-0.25, -0.2) is 4.68 Å². The fourth-order valence-electron chi connectivity index (χ4n) is 4.59. The molecule has 5 aromatic rings. The maximum atomic E-state index is 13.7. The minimum absolute atomic E-state index is 0.0679. The summed E-state index contributed by atoms with van der Waals surface area (Å²) in [4.78, 5) is 17.1. The lowest BCUT2D eigenvalue weighted by atomic mass is 9.85. The molecule has 1 atom stereocenters. The number of hydrogen-bond acceptors (Lipinski definition) is 3. The molecule has 6 rings (SSSR count). The maximum Gasteiger partial charge on any atom is 0.275 e. The summed E-state index contributed by atoms with van der Waals surface area (Å²) in [5.41, 5.74) is 5.31. The highest BCUT2D eigenvalue weighted by Gasteiger charge is 2.29. The Morgan fingerprint density at radius 3 is 2.59 bits per heavy atom. The molecule has 0 fully saturated rings. The second kappa shape index (κ2) is 7.20. The van der Waals surface area contributed by atoms with Crippen LogP contribution in [0.4, 0.5) is 0 Å². The second-order valence-corrected chi connectivity index (χ2v) is 7.96. The van der Waals surface area contributed by atoms with Crippen LogP contribution in [-0.4, -0.2) is 21.6 Å². The third-order valence-electron chi connectivity index (χ3n) is 6.08. The van der Waals surface area contributed by atoms with Crippen molar-refractivity contribution in [2.24, 2.45) is 0 Å². The van der Waals surface area contributed by atoms with Crippen LogP contribution >= 0.6 is 0 Å². The van der Waals surface area contributed by atoms with Crippen molar-refractivity contribution >= 4 is 10.9 Å². The second-order valence-electron chi connectivity index (χ2n) is 7.96. The van der Waals surface area contributed by atoms with E-state index in [4.69, 9.17) is 9.47 Å². The monoisotopic (exact) mass is 423 g/mol. The van der Waals surface area contributed by atoms with E-state index in [-0.39, 0.29) is 18.3 Å². The summed E-state index contributed by atoms with van der Waals surface area (Å²) < 4.78 is 12.8. The molecule has 6 nitrogen and oxygen atoms in total. The molecule has 6 heteroatoms. The fraction of sp³-hybridized carbons (Fsp3) is 0.115. The predicted molar refractivity (Wildman–Crippen MR) is 123 cm³/mol. The quantitative estimate of drug-likeness (QED) is 0.433. The molecule has 1 aliphatic heterocycles. The molecule has 0 bridgehead atoms. The molecule has 3 heterocycles. The Morgan fingerprint density at radius 1 is 0.938 bits per heavy atom. The number of nitrogens with one attached hydrogen (secondary N) is 2. The van der Waals surface area contributed by atoms with E-state index in [1.165, 1.54) is 0 Å². The van der Waals surface area contributed by atoms with Crippen molar-refractivity contribution in [1.82, 2.24) is 14.8 Å². The molecule has 0 aliphatic carbocycles. The molecule has 0 spiro atoms. The van der Waals surface area contributed by atoms with Crippen LogP contribution in [-0.2, 0) is 0 Å². The highest BCUT2D eigenvalue weighted by molar-refractivity contribution is 5.85. The van der Waals surface area contributed by atoms with Gasteiger partial charge in [-0.2, -0.15) is 0 Å². The first kappa shape index (κ1) is 18.6. The highest BCUT2D eigenvalue weighted by atomic mass is 16.7. The Hall–Kier alpha value is -4.19. The van der Waals surface area contributed by atoms with Gasteiger partial charge in [0, 0.05) is 28.7 Å². The number of aromatic nitrogens is 3. The minimum atomic E-state index is -0.283. The van der Waals surface area contributed by atoms with E-state index in [2.05, 4.69) is 16.1 Å². The lowest BCUT2D eigenvalue weighted by Gasteiger charge is -2.17. The van der Waals surface area contributed by atoms with Crippen molar-refractivity contribution < 1.29 is 9.47 Å². The zero-order chi connectivity index (χ0) is 21.7. The molecule has 0 saturated heterocycles. The molecule has 1 unspecified atom stereocenters. The Labute approximate surface area is 184 Å². The van der Waals surface area contributed by atoms with Crippen molar-refractivity contribution in [3.8, 4) is 17.2 Å². The van der Waals surface area contributed by atoms with Crippen LogP contribution in [0.2, 0.25) is 0 Å². The first-order valence-corrected chi connectivity index (χ1v) is 10.5. The summed E-state index contributed by atoms with van der Waals surface area (Å²) in [6.45, 7) is 2.16. The van der Waals surface area contributed by atoms with Gasteiger partial charge in [0.1, 0.15) is 0 Å². The zero-order valence-electron chi connectivity index (χ0n) is 17.5. The van der Waals surface area contributed by atoms with Crippen LogP contribution in [0.5, 0.6) is 11.5 Å². The molecular formula is C26H21N3O3. The topological polar surface area (TPSA) is 72.0 Å². The van der Waals surface area contributed by atoms with Crippen LogP contribution in [0, 0.1) is 6.92 Å². The van der Waals surface area contributed by atoms with Crippen molar-refractivity contribution in [2.45, 2.75) is 12.8 Å². The minimum Gasteiger partial charge on any atom is -0.454 e. The molecule has 0 radical (unpaired) electrons. The molecule has 1 aliphatic rings. The van der Waals surface area contributed by atoms with Crippen molar-refractivity contribution in [3.05, 3.63) is 112 Å².